The molecule has 2 amide bonds. The third-order valence-corrected chi connectivity index (χ3v) is 5.27. The van der Waals surface area contributed by atoms with Crippen LogP contribution in [-0.2, 0) is 9.59 Å². The van der Waals surface area contributed by atoms with Gasteiger partial charge in [-0.2, -0.15) is 5.10 Å². The highest BCUT2D eigenvalue weighted by Gasteiger charge is 2.36. The van der Waals surface area contributed by atoms with Crippen LogP contribution in [0, 0.1) is 5.92 Å². The molecular formula is C22H19ClN4O4. The van der Waals surface area contributed by atoms with Crippen molar-refractivity contribution in [2.45, 2.75) is 6.42 Å². The fourth-order valence-corrected chi connectivity index (χ4v) is 3.66. The number of nitrogens with zero attached hydrogens (tertiary/aromatic N) is 2. The Morgan fingerprint density at radius 1 is 1.19 bits per heavy atom. The zero-order valence-corrected chi connectivity index (χ0v) is 17.3. The van der Waals surface area contributed by atoms with E-state index in [1.165, 1.54) is 18.1 Å². The van der Waals surface area contributed by atoms with Gasteiger partial charge in [0.2, 0.25) is 11.8 Å². The maximum atomic E-state index is 12.8. The van der Waals surface area contributed by atoms with Crippen LogP contribution in [0.15, 0.2) is 59.4 Å². The van der Waals surface area contributed by atoms with Gasteiger partial charge in [-0.1, -0.05) is 23.7 Å². The number of amides is 2. The van der Waals surface area contributed by atoms with E-state index >= 15 is 0 Å². The van der Waals surface area contributed by atoms with Crippen LogP contribution in [0.3, 0.4) is 0 Å². The Hall–Kier alpha value is -3.65. The lowest BCUT2D eigenvalue weighted by molar-refractivity contribution is -0.122. The number of aromatic amines is 1. The summed E-state index contributed by atoms with van der Waals surface area (Å²) in [6, 6.07) is 15.1. The lowest BCUT2D eigenvalue weighted by atomic mass is 10.1. The van der Waals surface area contributed by atoms with E-state index in [0.29, 0.717) is 27.8 Å². The third kappa shape index (κ3) is 4.44. The minimum Gasteiger partial charge on any atom is -0.495 e. The van der Waals surface area contributed by atoms with Crippen LogP contribution in [0.25, 0.3) is 11.3 Å². The summed E-state index contributed by atoms with van der Waals surface area (Å²) in [7, 11) is 1.52. The molecule has 1 atom stereocenters. The average molecular weight is 439 g/mol. The predicted octanol–water partition coefficient (Wildman–Crippen LogP) is 3.09. The number of hydrogen-bond donors (Lipinski definition) is 2. The van der Waals surface area contributed by atoms with Crippen molar-refractivity contribution in [3.05, 3.63) is 70.0 Å². The fourth-order valence-electron chi connectivity index (χ4n) is 3.50. The number of hydrogen-bond acceptors (Lipinski definition) is 5. The van der Waals surface area contributed by atoms with Gasteiger partial charge in [0, 0.05) is 35.3 Å². The number of carbonyl (C=O) groups is 2. The summed E-state index contributed by atoms with van der Waals surface area (Å²) in [5, 5.41) is 9.72. The van der Waals surface area contributed by atoms with Gasteiger partial charge in [0.25, 0.3) is 5.56 Å². The molecule has 3 aromatic rings. The highest BCUT2D eigenvalue weighted by atomic mass is 35.5. The first-order valence-electron chi connectivity index (χ1n) is 9.55. The molecule has 0 aliphatic carbocycles. The van der Waals surface area contributed by atoms with E-state index in [-0.39, 0.29) is 30.3 Å². The minimum atomic E-state index is -0.522. The summed E-state index contributed by atoms with van der Waals surface area (Å²) in [6.07, 6.45) is 0.0860. The highest BCUT2D eigenvalue weighted by Crippen LogP contribution is 2.35. The van der Waals surface area contributed by atoms with E-state index in [4.69, 9.17) is 16.3 Å². The molecule has 2 N–H and O–H groups in total. The standard InChI is InChI=1S/C22H19ClN4O4/c1-31-19-7-5-15(23)11-18(19)27-12-14(10-21(27)29)22(30)24-16-4-2-3-13(9-16)17-6-8-20(28)26-25-17/h2-9,11,14H,10,12H2,1H3,(H,24,30)(H,26,28). The maximum absolute atomic E-state index is 12.8. The maximum Gasteiger partial charge on any atom is 0.264 e. The number of rotatable bonds is 5. The molecule has 0 saturated carbocycles. The second-order valence-corrected chi connectivity index (χ2v) is 7.53. The van der Waals surface area contributed by atoms with Crippen molar-refractivity contribution in [1.82, 2.24) is 10.2 Å². The number of methoxy groups -OCH3 is 1. The second kappa shape index (κ2) is 8.61. The molecule has 1 unspecified atom stereocenters. The van der Waals surface area contributed by atoms with Crippen LogP contribution >= 0.6 is 11.6 Å². The van der Waals surface area contributed by atoms with Crippen LogP contribution in [0.5, 0.6) is 5.75 Å². The first-order valence-corrected chi connectivity index (χ1v) is 9.93. The minimum absolute atomic E-state index is 0.0860. The molecule has 1 aliphatic heterocycles. The van der Waals surface area contributed by atoms with E-state index in [0.717, 1.165) is 5.56 Å². The summed E-state index contributed by atoms with van der Waals surface area (Å²) in [5.74, 6) is -0.443. The monoisotopic (exact) mass is 438 g/mol. The van der Waals surface area contributed by atoms with Gasteiger partial charge in [0.1, 0.15) is 5.75 Å². The van der Waals surface area contributed by atoms with Crippen LogP contribution in [-0.4, -0.2) is 35.7 Å². The van der Waals surface area contributed by atoms with Gasteiger partial charge < -0.3 is 15.0 Å². The number of anilines is 2. The number of halogens is 1. The molecule has 2 aromatic carbocycles. The Kier molecular flexibility index (Phi) is 5.73. The normalized spacial score (nSPS) is 15.7. The first-order chi connectivity index (χ1) is 14.9. The number of aromatic nitrogens is 2. The Morgan fingerprint density at radius 2 is 2.03 bits per heavy atom. The van der Waals surface area contributed by atoms with Crippen molar-refractivity contribution in [1.29, 1.82) is 0 Å². The average Bonchev–Trinajstić information content (AvgIpc) is 3.16. The summed E-state index contributed by atoms with van der Waals surface area (Å²) in [6.45, 7) is 0.225. The summed E-state index contributed by atoms with van der Waals surface area (Å²) in [5.41, 5.74) is 2.14. The van der Waals surface area contributed by atoms with Gasteiger partial charge in [0.05, 0.1) is 24.4 Å². The molecule has 0 spiro atoms. The summed E-state index contributed by atoms with van der Waals surface area (Å²) >= 11 is 6.08. The molecular weight excluding hydrogens is 420 g/mol. The quantitative estimate of drug-likeness (QED) is 0.637. The Bertz CT molecular complexity index is 1190. The predicted molar refractivity (Wildman–Crippen MR) is 117 cm³/mol. The third-order valence-electron chi connectivity index (χ3n) is 5.03. The number of benzene rings is 2. The number of H-pyrrole nitrogens is 1. The molecule has 0 bridgehead atoms. The highest BCUT2D eigenvalue weighted by molar-refractivity contribution is 6.31. The van der Waals surface area contributed by atoms with Crippen LogP contribution in [0.2, 0.25) is 5.02 Å². The van der Waals surface area contributed by atoms with Crippen molar-refractivity contribution in [3.63, 3.8) is 0 Å². The Labute approximate surface area is 182 Å². The zero-order valence-electron chi connectivity index (χ0n) is 16.6. The van der Waals surface area contributed by atoms with Crippen LogP contribution < -0.4 is 20.5 Å². The van der Waals surface area contributed by atoms with Crippen molar-refractivity contribution < 1.29 is 14.3 Å². The first kappa shape index (κ1) is 20.6. The van der Waals surface area contributed by atoms with E-state index in [1.54, 1.807) is 42.5 Å². The van der Waals surface area contributed by atoms with E-state index in [9.17, 15) is 14.4 Å². The molecule has 0 radical (unpaired) electrons. The topological polar surface area (TPSA) is 104 Å². The zero-order chi connectivity index (χ0) is 22.0. The molecule has 8 nitrogen and oxygen atoms in total. The molecule has 4 rings (SSSR count). The Morgan fingerprint density at radius 3 is 2.77 bits per heavy atom. The largest absolute Gasteiger partial charge is 0.495 e. The molecule has 1 fully saturated rings. The lowest BCUT2D eigenvalue weighted by Gasteiger charge is -2.20. The van der Waals surface area contributed by atoms with Gasteiger partial charge in [-0.25, -0.2) is 5.10 Å². The van der Waals surface area contributed by atoms with Crippen LogP contribution in [0.4, 0.5) is 11.4 Å². The molecule has 1 aliphatic rings. The van der Waals surface area contributed by atoms with Crippen molar-refractivity contribution in [2.75, 3.05) is 23.9 Å². The smallest absolute Gasteiger partial charge is 0.264 e. The van der Waals surface area contributed by atoms with E-state index in [1.807, 2.05) is 6.07 Å². The van der Waals surface area contributed by atoms with Crippen molar-refractivity contribution in [3.8, 4) is 17.0 Å². The van der Waals surface area contributed by atoms with Gasteiger partial charge >= 0.3 is 0 Å². The summed E-state index contributed by atoms with van der Waals surface area (Å²) in [4.78, 5) is 38.2. The van der Waals surface area contributed by atoms with Gasteiger partial charge in [0.15, 0.2) is 0 Å². The van der Waals surface area contributed by atoms with Gasteiger partial charge in [-0.15, -0.1) is 0 Å². The molecule has 9 heteroatoms. The molecule has 2 heterocycles. The number of nitrogens with one attached hydrogen (secondary N) is 2. The van der Waals surface area contributed by atoms with Gasteiger partial charge in [-0.3, -0.25) is 14.4 Å². The van der Waals surface area contributed by atoms with E-state index < -0.39 is 5.92 Å². The van der Waals surface area contributed by atoms with Crippen molar-refractivity contribution in [2.24, 2.45) is 5.92 Å². The fraction of sp³-hybridized carbons (Fsp3) is 0.182. The van der Waals surface area contributed by atoms with Crippen molar-refractivity contribution >= 4 is 34.8 Å². The van der Waals surface area contributed by atoms with Crippen LogP contribution in [0.1, 0.15) is 6.42 Å². The molecule has 1 saturated heterocycles. The molecule has 158 valence electrons. The molecule has 31 heavy (non-hydrogen) atoms. The lowest BCUT2D eigenvalue weighted by Crippen LogP contribution is -2.28. The Balaban J connectivity index is 1.49. The summed E-state index contributed by atoms with van der Waals surface area (Å²) < 4.78 is 5.33. The molecule has 1 aromatic heterocycles. The number of carbonyl (C=O) groups excluding carboxylic acids is 2. The van der Waals surface area contributed by atoms with Gasteiger partial charge in [-0.05, 0) is 36.4 Å². The second-order valence-electron chi connectivity index (χ2n) is 7.10. The van der Waals surface area contributed by atoms with E-state index in [2.05, 4.69) is 15.5 Å². The number of ether oxygens (including phenoxy) is 1. The SMILES string of the molecule is COc1ccc(Cl)cc1N1CC(C(=O)Nc2cccc(-c3ccc(=O)[nH]n3)c2)CC1=O.